The van der Waals surface area contributed by atoms with Crippen molar-refractivity contribution >= 4 is 35.1 Å². The maximum atomic E-state index is 12.3. The van der Waals surface area contributed by atoms with Crippen LogP contribution in [0.1, 0.15) is 5.56 Å². The van der Waals surface area contributed by atoms with Crippen LogP contribution in [0.3, 0.4) is 0 Å². The summed E-state index contributed by atoms with van der Waals surface area (Å²) in [5.41, 5.74) is 0.583. The summed E-state index contributed by atoms with van der Waals surface area (Å²) in [6.45, 7) is 0.594. The molecule has 1 heterocycles. The first-order valence-corrected chi connectivity index (χ1v) is 6.78. The van der Waals surface area contributed by atoms with Crippen LogP contribution in [0.4, 0.5) is 0 Å². The Balaban J connectivity index is 2.14. The molecule has 0 spiro atoms. The summed E-state index contributed by atoms with van der Waals surface area (Å²) in [6.07, 6.45) is 0.0170. The molecule has 0 aliphatic carbocycles. The molecule has 1 N–H and O–H groups in total. The number of halogens is 2. The summed E-state index contributed by atoms with van der Waals surface area (Å²) >= 11 is 11.9. The molecule has 1 aromatic carbocycles. The Morgan fingerprint density at radius 2 is 2.15 bits per heavy atom. The van der Waals surface area contributed by atoms with Crippen LogP contribution in [-0.4, -0.2) is 47.7 Å². The van der Waals surface area contributed by atoms with Crippen LogP contribution in [0.15, 0.2) is 18.2 Å². The Kier molecular flexibility index (Phi) is 4.86. The molecule has 1 saturated heterocycles. The van der Waals surface area contributed by atoms with Gasteiger partial charge in [-0.3, -0.25) is 4.79 Å². The van der Waals surface area contributed by atoms with E-state index in [4.69, 9.17) is 33.0 Å². The van der Waals surface area contributed by atoms with Crippen LogP contribution < -0.4 is 0 Å². The summed E-state index contributed by atoms with van der Waals surface area (Å²) in [4.78, 5) is 24.7. The SMILES string of the molecule is O=C(O)[C@@H]1COCCN1C(=O)Cc1cc(Cl)ccc1Cl. The van der Waals surface area contributed by atoms with E-state index in [1.807, 2.05) is 0 Å². The number of hydrogen-bond acceptors (Lipinski definition) is 3. The maximum Gasteiger partial charge on any atom is 0.328 e. The van der Waals surface area contributed by atoms with Crippen molar-refractivity contribution in [2.75, 3.05) is 19.8 Å². The number of rotatable bonds is 3. The number of aliphatic carboxylic acids is 1. The van der Waals surface area contributed by atoms with Gasteiger partial charge in [0.1, 0.15) is 0 Å². The summed E-state index contributed by atoms with van der Waals surface area (Å²) < 4.78 is 5.09. The lowest BCUT2D eigenvalue weighted by molar-refractivity contribution is -0.158. The zero-order chi connectivity index (χ0) is 14.7. The van der Waals surface area contributed by atoms with Crippen molar-refractivity contribution in [2.24, 2.45) is 0 Å². The second-order valence-electron chi connectivity index (χ2n) is 4.43. The molecule has 1 atom stereocenters. The van der Waals surface area contributed by atoms with Gasteiger partial charge in [-0.1, -0.05) is 23.2 Å². The minimum atomic E-state index is -1.07. The first-order chi connectivity index (χ1) is 9.49. The van der Waals surface area contributed by atoms with E-state index in [9.17, 15) is 9.59 Å². The van der Waals surface area contributed by atoms with Crippen molar-refractivity contribution in [3.05, 3.63) is 33.8 Å². The third-order valence-corrected chi connectivity index (χ3v) is 3.69. The van der Waals surface area contributed by atoms with Gasteiger partial charge >= 0.3 is 5.97 Å². The number of ether oxygens (including phenoxy) is 1. The highest BCUT2D eigenvalue weighted by molar-refractivity contribution is 6.33. The summed E-state index contributed by atoms with van der Waals surface area (Å²) in [6, 6.07) is 3.90. The lowest BCUT2D eigenvalue weighted by Crippen LogP contribution is -2.53. The van der Waals surface area contributed by atoms with Gasteiger partial charge in [0, 0.05) is 16.6 Å². The highest BCUT2D eigenvalue weighted by Gasteiger charge is 2.32. The van der Waals surface area contributed by atoms with Gasteiger partial charge < -0.3 is 14.7 Å². The fourth-order valence-corrected chi connectivity index (χ4v) is 2.43. The molecule has 20 heavy (non-hydrogen) atoms. The number of carbonyl (C=O) groups is 2. The van der Waals surface area contributed by atoms with E-state index in [0.717, 1.165) is 0 Å². The van der Waals surface area contributed by atoms with Crippen LogP contribution in [-0.2, 0) is 20.7 Å². The van der Waals surface area contributed by atoms with Gasteiger partial charge in [-0.2, -0.15) is 0 Å². The van der Waals surface area contributed by atoms with Crippen molar-refractivity contribution in [2.45, 2.75) is 12.5 Å². The van der Waals surface area contributed by atoms with E-state index in [0.29, 0.717) is 22.2 Å². The van der Waals surface area contributed by atoms with E-state index in [1.165, 1.54) is 4.90 Å². The molecule has 0 bridgehead atoms. The van der Waals surface area contributed by atoms with Crippen LogP contribution >= 0.6 is 23.2 Å². The lowest BCUT2D eigenvalue weighted by Gasteiger charge is -2.33. The number of carboxylic acid groups (broad SMARTS) is 1. The van der Waals surface area contributed by atoms with Gasteiger partial charge in [-0.25, -0.2) is 4.79 Å². The molecular weight excluding hydrogens is 305 g/mol. The molecule has 1 fully saturated rings. The Labute approximate surface area is 126 Å². The van der Waals surface area contributed by atoms with E-state index < -0.39 is 12.0 Å². The molecule has 7 heteroatoms. The number of nitrogens with zero attached hydrogens (tertiary/aromatic N) is 1. The molecular formula is C13H13Cl2NO4. The fraction of sp³-hybridized carbons (Fsp3) is 0.385. The number of hydrogen-bond donors (Lipinski definition) is 1. The normalized spacial score (nSPS) is 18.9. The molecule has 1 aromatic rings. The zero-order valence-corrected chi connectivity index (χ0v) is 12.0. The van der Waals surface area contributed by atoms with E-state index in [-0.39, 0.29) is 25.5 Å². The molecule has 0 radical (unpaired) electrons. The van der Waals surface area contributed by atoms with Gasteiger partial charge in [0.05, 0.1) is 19.6 Å². The van der Waals surface area contributed by atoms with Gasteiger partial charge in [-0.15, -0.1) is 0 Å². The summed E-state index contributed by atoms with van der Waals surface area (Å²) in [5, 5.41) is 10.0. The number of benzene rings is 1. The van der Waals surface area contributed by atoms with Crippen LogP contribution in [0.5, 0.6) is 0 Å². The van der Waals surface area contributed by atoms with Crippen molar-refractivity contribution in [1.29, 1.82) is 0 Å². The summed E-state index contributed by atoms with van der Waals surface area (Å²) in [5.74, 6) is -1.37. The van der Waals surface area contributed by atoms with Gasteiger partial charge in [0.15, 0.2) is 6.04 Å². The van der Waals surface area contributed by atoms with Crippen LogP contribution in [0.2, 0.25) is 10.0 Å². The molecule has 0 saturated carbocycles. The smallest absolute Gasteiger partial charge is 0.328 e. The summed E-state index contributed by atoms with van der Waals surface area (Å²) in [7, 11) is 0. The van der Waals surface area contributed by atoms with Gasteiger partial charge in [0.25, 0.3) is 0 Å². The predicted octanol–water partition coefficient (Wildman–Crippen LogP) is 1.85. The maximum absolute atomic E-state index is 12.3. The highest BCUT2D eigenvalue weighted by atomic mass is 35.5. The van der Waals surface area contributed by atoms with E-state index in [2.05, 4.69) is 0 Å². The standard InChI is InChI=1S/C13H13Cl2NO4/c14-9-1-2-10(15)8(5-9)6-12(17)16-3-4-20-7-11(16)13(18)19/h1-2,5,11H,3-4,6-7H2,(H,18,19)/t11-/m0/s1. The first-order valence-electron chi connectivity index (χ1n) is 6.03. The Morgan fingerprint density at radius 1 is 1.40 bits per heavy atom. The molecule has 1 aliphatic rings. The average molecular weight is 318 g/mol. The van der Waals surface area contributed by atoms with Gasteiger partial charge in [-0.05, 0) is 23.8 Å². The van der Waals surface area contributed by atoms with Crippen LogP contribution in [0, 0.1) is 0 Å². The third kappa shape index (κ3) is 3.42. The predicted molar refractivity (Wildman–Crippen MR) is 74.1 cm³/mol. The molecule has 1 amide bonds. The molecule has 108 valence electrons. The largest absolute Gasteiger partial charge is 0.480 e. The second kappa shape index (κ2) is 6.43. The monoisotopic (exact) mass is 317 g/mol. The Hall–Kier alpha value is -1.30. The minimum Gasteiger partial charge on any atom is -0.480 e. The van der Waals surface area contributed by atoms with Crippen molar-refractivity contribution in [3.63, 3.8) is 0 Å². The topological polar surface area (TPSA) is 66.8 Å². The van der Waals surface area contributed by atoms with Gasteiger partial charge in [0.2, 0.25) is 5.91 Å². The molecule has 2 rings (SSSR count). The number of amides is 1. The second-order valence-corrected chi connectivity index (χ2v) is 5.27. The fourth-order valence-electron chi connectivity index (χ4n) is 2.05. The molecule has 1 aliphatic heterocycles. The number of carboxylic acids is 1. The Morgan fingerprint density at radius 3 is 2.85 bits per heavy atom. The quantitative estimate of drug-likeness (QED) is 0.923. The highest BCUT2D eigenvalue weighted by Crippen LogP contribution is 2.22. The van der Waals surface area contributed by atoms with Crippen molar-refractivity contribution in [1.82, 2.24) is 4.90 Å². The van der Waals surface area contributed by atoms with Crippen molar-refractivity contribution < 1.29 is 19.4 Å². The van der Waals surface area contributed by atoms with Crippen molar-refractivity contribution in [3.8, 4) is 0 Å². The van der Waals surface area contributed by atoms with E-state index >= 15 is 0 Å². The number of morpholine rings is 1. The Bertz CT molecular complexity index is 535. The minimum absolute atomic E-state index is 0.00432. The number of carbonyl (C=O) groups excluding carboxylic acids is 1. The van der Waals surface area contributed by atoms with E-state index in [1.54, 1.807) is 18.2 Å². The molecule has 0 unspecified atom stereocenters. The lowest BCUT2D eigenvalue weighted by atomic mass is 10.1. The third-order valence-electron chi connectivity index (χ3n) is 3.08. The van der Waals surface area contributed by atoms with Crippen LogP contribution in [0.25, 0.3) is 0 Å². The first kappa shape index (κ1) is 15.1. The molecule has 5 nitrogen and oxygen atoms in total. The molecule has 0 aromatic heterocycles. The average Bonchev–Trinajstić information content (AvgIpc) is 2.42. The zero-order valence-electron chi connectivity index (χ0n) is 10.5.